The summed E-state index contributed by atoms with van der Waals surface area (Å²) in [6.45, 7) is -1.33. The van der Waals surface area contributed by atoms with Gasteiger partial charge in [-0.15, -0.1) is 11.8 Å². The van der Waals surface area contributed by atoms with Gasteiger partial charge in [-0.1, -0.05) is 0 Å². The van der Waals surface area contributed by atoms with E-state index in [-0.39, 0.29) is 17.3 Å². The molecule has 11 heteroatoms. The number of benzene rings is 1. The lowest BCUT2D eigenvalue weighted by molar-refractivity contribution is -0.120. The Labute approximate surface area is 143 Å². The van der Waals surface area contributed by atoms with Crippen LogP contribution in [0, 0.1) is 0 Å². The van der Waals surface area contributed by atoms with Gasteiger partial charge in [0.2, 0.25) is 15.9 Å². The van der Waals surface area contributed by atoms with E-state index in [0.29, 0.717) is 11.5 Å². The Morgan fingerprint density at radius 1 is 1.29 bits per heavy atom. The SMILES string of the molecule is NCC(F)(F)CNC(=O)CSCCOc1ccc(S(N)(=O)=O)cc1. The minimum Gasteiger partial charge on any atom is -0.493 e. The molecule has 1 amide bonds. The molecule has 0 saturated carbocycles. The van der Waals surface area contributed by atoms with E-state index in [1.54, 1.807) is 0 Å². The molecule has 0 unspecified atom stereocenters. The number of carbonyl (C=O) groups excluding carboxylic acids is 1. The van der Waals surface area contributed by atoms with E-state index in [4.69, 9.17) is 15.6 Å². The zero-order valence-corrected chi connectivity index (χ0v) is 14.3. The number of rotatable bonds is 10. The van der Waals surface area contributed by atoms with E-state index >= 15 is 0 Å². The summed E-state index contributed by atoms with van der Waals surface area (Å²) in [4.78, 5) is 11.3. The molecular formula is C13H19F2N3O4S2. The molecular weight excluding hydrogens is 364 g/mol. The third kappa shape index (κ3) is 7.90. The molecule has 0 atom stereocenters. The molecule has 136 valence electrons. The molecule has 1 aromatic rings. The minimum atomic E-state index is -3.74. The van der Waals surface area contributed by atoms with Crippen molar-refractivity contribution >= 4 is 27.7 Å². The Balaban J connectivity index is 2.21. The van der Waals surface area contributed by atoms with Gasteiger partial charge in [0.05, 0.1) is 30.3 Å². The van der Waals surface area contributed by atoms with Gasteiger partial charge < -0.3 is 15.8 Å². The summed E-state index contributed by atoms with van der Waals surface area (Å²) >= 11 is 1.22. The fourth-order valence-corrected chi connectivity index (χ4v) is 2.61. The summed E-state index contributed by atoms with van der Waals surface area (Å²) in [5.41, 5.74) is 4.86. The highest BCUT2D eigenvalue weighted by molar-refractivity contribution is 7.99. The fourth-order valence-electron chi connectivity index (χ4n) is 1.46. The number of hydrogen-bond acceptors (Lipinski definition) is 6. The first-order valence-electron chi connectivity index (χ1n) is 6.82. The van der Waals surface area contributed by atoms with Crippen molar-refractivity contribution in [3.05, 3.63) is 24.3 Å². The van der Waals surface area contributed by atoms with Crippen LogP contribution in [0.3, 0.4) is 0 Å². The zero-order valence-electron chi connectivity index (χ0n) is 12.7. The van der Waals surface area contributed by atoms with Crippen molar-refractivity contribution in [2.24, 2.45) is 10.9 Å². The predicted molar refractivity (Wildman–Crippen MR) is 87.6 cm³/mol. The van der Waals surface area contributed by atoms with Crippen LogP contribution in [-0.4, -0.2) is 51.4 Å². The topological polar surface area (TPSA) is 125 Å². The van der Waals surface area contributed by atoms with Crippen LogP contribution in [0.1, 0.15) is 0 Å². The highest BCUT2D eigenvalue weighted by Gasteiger charge is 2.26. The van der Waals surface area contributed by atoms with Crippen LogP contribution in [0.15, 0.2) is 29.2 Å². The van der Waals surface area contributed by atoms with Gasteiger partial charge in [0.1, 0.15) is 5.75 Å². The molecule has 0 aromatic heterocycles. The third-order valence-electron chi connectivity index (χ3n) is 2.72. The van der Waals surface area contributed by atoms with Gasteiger partial charge >= 0.3 is 0 Å². The van der Waals surface area contributed by atoms with Gasteiger partial charge in [-0.3, -0.25) is 4.79 Å². The van der Waals surface area contributed by atoms with Gasteiger partial charge in [-0.05, 0) is 24.3 Å². The van der Waals surface area contributed by atoms with E-state index in [9.17, 15) is 22.0 Å². The Morgan fingerprint density at radius 3 is 2.46 bits per heavy atom. The largest absolute Gasteiger partial charge is 0.493 e. The second-order valence-electron chi connectivity index (χ2n) is 4.75. The quantitative estimate of drug-likeness (QED) is 0.494. The van der Waals surface area contributed by atoms with E-state index in [0.717, 1.165) is 0 Å². The first-order chi connectivity index (χ1) is 11.1. The lowest BCUT2D eigenvalue weighted by atomic mass is 10.3. The molecule has 0 radical (unpaired) electrons. The molecule has 7 nitrogen and oxygen atoms in total. The van der Waals surface area contributed by atoms with Crippen molar-refractivity contribution in [1.29, 1.82) is 0 Å². The van der Waals surface area contributed by atoms with Gasteiger partial charge in [-0.2, -0.15) is 0 Å². The van der Waals surface area contributed by atoms with Gasteiger partial charge in [-0.25, -0.2) is 22.3 Å². The highest BCUT2D eigenvalue weighted by atomic mass is 32.2. The monoisotopic (exact) mass is 383 g/mol. The number of alkyl halides is 2. The fraction of sp³-hybridized carbons (Fsp3) is 0.462. The molecule has 1 rings (SSSR count). The number of sulfonamides is 1. The number of amides is 1. The lowest BCUT2D eigenvalue weighted by Crippen LogP contribution is -2.42. The van der Waals surface area contributed by atoms with Crippen molar-refractivity contribution in [2.45, 2.75) is 10.8 Å². The first kappa shape index (κ1) is 20.6. The maximum atomic E-state index is 12.8. The van der Waals surface area contributed by atoms with Crippen molar-refractivity contribution in [2.75, 3.05) is 31.2 Å². The highest BCUT2D eigenvalue weighted by Crippen LogP contribution is 2.15. The molecule has 0 heterocycles. The summed E-state index contributed by atoms with van der Waals surface area (Å²) < 4.78 is 53.2. The molecule has 0 aliphatic carbocycles. The van der Waals surface area contributed by atoms with Crippen molar-refractivity contribution in [1.82, 2.24) is 5.32 Å². The predicted octanol–water partition coefficient (Wildman–Crippen LogP) is 0.156. The maximum Gasteiger partial charge on any atom is 0.277 e. The number of hydrogen-bond donors (Lipinski definition) is 3. The Bertz CT molecular complexity index is 639. The van der Waals surface area contributed by atoms with Crippen LogP contribution in [0.25, 0.3) is 0 Å². The zero-order chi connectivity index (χ0) is 18.2. The second-order valence-corrected chi connectivity index (χ2v) is 7.42. The summed E-state index contributed by atoms with van der Waals surface area (Å²) in [5, 5.41) is 7.08. The summed E-state index contributed by atoms with van der Waals surface area (Å²) in [6.07, 6.45) is 0. The average molecular weight is 383 g/mol. The summed E-state index contributed by atoms with van der Waals surface area (Å²) in [5.74, 6) is -2.68. The van der Waals surface area contributed by atoms with Gasteiger partial charge in [0.15, 0.2) is 0 Å². The smallest absolute Gasteiger partial charge is 0.277 e. The molecule has 0 saturated heterocycles. The van der Waals surface area contributed by atoms with Crippen LogP contribution < -0.4 is 20.9 Å². The molecule has 0 spiro atoms. The van der Waals surface area contributed by atoms with Crippen LogP contribution in [0.4, 0.5) is 8.78 Å². The average Bonchev–Trinajstić information content (AvgIpc) is 2.52. The maximum absolute atomic E-state index is 12.8. The molecule has 5 N–H and O–H groups in total. The number of nitrogens with two attached hydrogens (primary N) is 2. The number of halogens is 2. The third-order valence-corrected chi connectivity index (χ3v) is 4.58. The van der Waals surface area contributed by atoms with Crippen LogP contribution in [0.2, 0.25) is 0 Å². The van der Waals surface area contributed by atoms with Crippen molar-refractivity contribution < 1.29 is 26.7 Å². The number of primary sulfonamides is 1. The van der Waals surface area contributed by atoms with Crippen molar-refractivity contribution in [3.8, 4) is 5.75 Å². The Kier molecular flexibility index (Phi) is 7.87. The van der Waals surface area contributed by atoms with E-state index in [1.165, 1.54) is 36.0 Å². The van der Waals surface area contributed by atoms with Crippen LogP contribution >= 0.6 is 11.8 Å². The first-order valence-corrected chi connectivity index (χ1v) is 9.52. The van der Waals surface area contributed by atoms with Crippen LogP contribution in [0.5, 0.6) is 5.75 Å². The van der Waals surface area contributed by atoms with Crippen LogP contribution in [-0.2, 0) is 14.8 Å². The summed E-state index contributed by atoms with van der Waals surface area (Å²) in [6, 6.07) is 5.57. The number of thioether (sulfide) groups is 1. The molecule has 0 aliphatic heterocycles. The number of nitrogens with one attached hydrogen (secondary N) is 1. The molecule has 1 aromatic carbocycles. The van der Waals surface area contributed by atoms with E-state index in [1.807, 2.05) is 0 Å². The Hall–Kier alpha value is -1.43. The van der Waals surface area contributed by atoms with Crippen molar-refractivity contribution in [3.63, 3.8) is 0 Å². The van der Waals surface area contributed by atoms with Gasteiger partial charge in [0, 0.05) is 5.75 Å². The van der Waals surface area contributed by atoms with E-state index < -0.39 is 34.9 Å². The number of carbonyl (C=O) groups is 1. The van der Waals surface area contributed by atoms with E-state index in [2.05, 4.69) is 5.32 Å². The lowest BCUT2D eigenvalue weighted by Gasteiger charge is -2.14. The second kappa shape index (κ2) is 9.16. The Morgan fingerprint density at radius 2 is 1.92 bits per heavy atom. The molecule has 0 bridgehead atoms. The van der Waals surface area contributed by atoms with Gasteiger partial charge in [0.25, 0.3) is 5.92 Å². The molecule has 0 aliphatic rings. The number of ether oxygens (including phenoxy) is 1. The summed E-state index contributed by atoms with van der Waals surface area (Å²) in [7, 11) is -3.74. The molecule has 24 heavy (non-hydrogen) atoms. The minimum absolute atomic E-state index is 0.0184. The molecule has 0 fully saturated rings. The normalized spacial score (nSPS) is 12.0. The standard InChI is InChI=1S/C13H19F2N3O4S2/c14-13(15,8-16)9-18-12(19)7-23-6-5-22-10-1-3-11(4-2-10)24(17,20)21/h1-4H,5-9,16H2,(H,18,19)(H2,17,20,21).